The van der Waals surface area contributed by atoms with Crippen molar-refractivity contribution in [2.24, 2.45) is 11.5 Å². The van der Waals surface area contributed by atoms with Crippen LogP contribution in [0.25, 0.3) is 10.8 Å². The van der Waals surface area contributed by atoms with E-state index in [4.69, 9.17) is 21.7 Å². The lowest BCUT2D eigenvalue weighted by Crippen LogP contribution is -2.32. The lowest BCUT2D eigenvalue weighted by Gasteiger charge is -2.21. The molecule has 0 saturated heterocycles. The molecule has 0 aliphatic carbocycles. The second-order valence-electron chi connectivity index (χ2n) is 5.30. The zero-order chi connectivity index (χ0) is 15.4. The minimum Gasteiger partial charge on any atom is -0.395 e. The van der Waals surface area contributed by atoms with E-state index in [9.17, 15) is 5.11 Å². The summed E-state index contributed by atoms with van der Waals surface area (Å²) in [5, 5.41) is 30.5. The Kier molecular flexibility index (Phi) is 5.27. The molecule has 3 unspecified atom stereocenters. The molecule has 114 valence electrons. The number of benzene rings is 2. The maximum absolute atomic E-state index is 10.3. The Morgan fingerprint density at radius 3 is 2.24 bits per heavy atom. The lowest BCUT2D eigenvalue weighted by atomic mass is 9.91. The molecule has 21 heavy (non-hydrogen) atoms. The fourth-order valence-corrected chi connectivity index (χ4v) is 2.54. The summed E-state index contributed by atoms with van der Waals surface area (Å²) in [4.78, 5) is 0. The molecule has 5 heteroatoms. The van der Waals surface area contributed by atoms with Crippen molar-refractivity contribution < 1.29 is 15.3 Å². The first-order chi connectivity index (χ1) is 10.1. The van der Waals surface area contributed by atoms with Gasteiger partial charge in [-0.3, -0.25) is 0 Å². The molecule has 0 amide bonds. The van der Waals surface area contributed by atoms with Crippen LogP contribution in [0.15, 0.2) is 36.4 Å². The first-order valence-electron chi connectivity index (χ1n) is 7.00. The minimum atomic E-state index is -0.954. The molecule has 2 rings (SSSR count). The van der Waals surface area contributed by atoms with Gasteiger partial charge < -0.3 is 26.8 Å². The quantitative estimate of drug-likeness (QED) is 0.516. The van der Waals surface area contributed by atoms with Crippen molar-refractivity contribution in [3.05, 3.63) is 47.5 Å². The highest BCUT2D eigenvalue weighted by atomic mass is 16.3. The van der Waals surface area contributed by atoms with Crippen molar-refractivity contribution in [1.82, 2.24) is 0 Å². The van der Waals surface area contributed by atoms with Gasteiger partial charge in [0, 0.05) is 6.04 Å². The van der Waals surface area contributed by atoms with Crippen molar-refractivity contribution >= 4 is 10.8 Å². The van der Waals surface area contributed by atoms with E-state index >= 15 is 0 Å². The summed E-state index contributed by atoms with van der Waals surface area (Å²) in [6.07, 6.45) is -0.448. The normalized spacial score (nSPS) is 15.9. The molecule has 2 aromatic carbocycles. The molecular formula is C16H22N2O3. The predicted molar refractivity (Wildman–Crippen MR) is 82.7 cm³/mol. The summed E-state index contributed by atoms with van der Waals surface area (Å²) in [6, 6.07) is 10.3. The highest BCUT2D eigenvalue weighted by Crippen LogP contribution is 2.29. The van der Waals surface area contributed by atoms with Crippen LogP contribution in [0.3, 0.4) is 0 Å². The standard InChI is InChI=1S/C16H22N2O3/c17-12(8-19)7-11-5-1-3-10-4-2-6-13(15(10)11)16(21)14(18)9-20/h1-6,12,14,16,19-21H,7-9,17-18H2. The third-order valence-electron chi connectivity index (χ3n) is 3.67. The first kappa shape index (κ1) is 15.9. The largest absolute Gasteiger partial charge is 0.395 e. The van der Waals surface area contributed by atoms with Crippen LogP contribution in [0, 0.1) is 0 Å². The van der Waals surface area contributed by atoms with Crippen LogP contribution in [-0.2, 0) is 6.42 Å². The van der Waals surface area contributed by atoms with E-state index in [1.807, 2.05) is 30.3 Å². The summed E-state index contributed by atoms with van der Waals surface area (Å²) < 4.78 is 0. The number of fused-ring (bicyclic) bond motifs is 1. The van der Waals surface area contributed by atoms with Crippen molar-refractivity contribution in [3.8, 4) is 0 Å². The molecule has 0 aliphatic rings. The number of aliphatic hydroxyl groups excluding tert-OH is 3. The van der Waals surface area contributed by atoms with Crippen LogP contribution in [0.2, 0.25) is 0 Å². The predicted octanol–water partition coefficient (Wildman–Crippen LogP) is 0.0549. The van der Waals surface area contributed by atoms with Gasteiger partial charge in [-0.1, -0.05) is 36.4 Å². The molecule has 0 fully saturated rings. The van der Waals surface area contributed by atoms with Gasteiger partial charge in [0.05, 0.1) is 25.4 Å². The zero-order valence-electron chi connectivity index (χ0n) is 11.8. The average Bonchev–Trinajstić information content (AvgIpc) is 2.52. The molecule has 0 spiro atoms. The fraction of sp³-hybridized carbons (Fsp3) is 0.375. The van der Waals surface area contributed by atoms with Crippen LogP contribution >= 0.6 is 0 Å². The van der Waals surface area contributed by atoms with Gasteiger partial charge in [-0.25, -0.2) is 0 Å². The summed E-state index contributed by atoms with van der Waals surface area (Å²) in [7, 11) is 0. The van der Waals surface area contributed by atoms with Gasteiger partial charge in [0.25, 0.3) is 0 Å². The molecule has 0 aliphatic heterocycles. The number of aliphatic hydroxyl groups is 3. The van der Waals surface area contributed by atoms with Crippen LogP contribution in [0.1, 0.15) is 17.2 Å². The second-order valence-corrected chi connectivity index (χ2v) is 5.30. The highest BCUT2D eigenvalue weighted by molar-refractivity contribution is 5.89. The highest BCUT2D eigenvalue weighted by Gasteiger charge is 2.20. The maximum atomic E-state index is 10.3. The number of hydrogen-bond donors (Lipinski definition) is 5. The smallest absolute Gasteiger partial charge is 0.0969 e. The molecule has 2 aromatic rings. The van der Waals surface area contributed by atoms with Gasteiger partial charge in [-0.05, 0) is 28.3 Å². The Balaban J connectivity index is 2.55. The SMILES string of the molecule is NC(CO)Cc1cccc2cccc(C(O)C(N)CO)c12. The van der Waals surface area contributed by atoms with Gasteiger partial charge in [0.1, 0.15) is 0 Å². The van der Waals surface area contributed by atoms with Crippen LogP contribution in [0.5, 0.6) is 0 Å². The van der Waals surface area contributed by atoms with E-state index < -0.39 is 12.1 Å². The van der Waals surface area contributed by atoms with E-state index in [1.165, 1.54) is 0 Å². The van der Waals surface area contributed by atoms with Crippen LogP contribution in [-0.4, -0.2) is 40.6 Å². The molecule has 0 aromatic heterocycles. The van der Waals surface area contributed by atoms with Gasteiger partial charge in [0.2, 0.25) is 0 Å². The zero-order valence-corrected chi connectivity index (χ0v) is 11.8. The van der Waals surface area contributed by atoms with Gasteiger partial charge in [-0.15, -0.1) is 0 Å². The van der Waals surface area contributed by atoms with Crippen LogP contribution in [0.4, 0.5) is 0 Å². The lowest BCUT2D eigenvalue weighted by molar-refractivity contribution is 0.110. The molecule has 7 N–H and O–H groups in total. The van der Waals surface area contributed by atoms with Crippen molar-refractivity contribution in [2.45, 2.75) is 24.6 Å². The summed E-state index contributed by atoms with van der Waals surface area (Å²) in [5.74, 6) is 0. The Hall–Kier alpha value is -1.50. The topological polar surface area (TPSA) is 113 Å². The van der Waals surface area contributed by atoms with Gasteiger partial charge in [0.15, 0.2) is 0 Å². The van der Waals surface area contributed by atoms with Crippen molar-refractivity contribution in [1.29, 1.82) is 0 Å². The number of hydrogen-bond acceptors (Lipinski definition) is 5. The molecule has 5 nitrogen and oxygen atoms in total. The monoisotopic (exact) mass is 290 g/mol. The Bertz CT molecular complexity index is 598. The van der Waals surface area contributed by atoms with Crippen molar-refractivity contribution in [2.75, 3.05) is 13.2 Å². The third-order valence-corrected chi connectivity index (χ3v) is 3.67. The summed E-state index contributed by atoms with van der Waals surface area (Å²) in [6.45, 7) is -0.396. The third kappa shape index (κ3) is 3.40. The molecule has 0 heterocycles. The van der Waals surface area contributed by atoms with E-state index in [-0.39, 0.29) is 19.3 Å². The van der Waals surface area contributed by atoms with Crippen molar-refractivity contribution in [3.63, 3.8) is 0 Å². The average molecular weight is 290 g/mol. The molecule has 3 atom stereocenters. The fourth-order valence-electron chi connectivity index (χ4n) is 2.54. The van der Waals surface area contributed by atoms with Crippen LogP contribution < -0.4 is 11.5 Å². The minimum absolute atomic E-state index is 0.0999. The molecular weight excluding hydrogens is 268 g/mol. The van der Waals surface area contributed by atoms with E-state index in [0.717, 1.165) is 16.3 Å². The van der Waals surface area contributed by atoms with E-state index in [2.05, 4.69) is 0 Å². The first-order valence-corrected chi connectivity index (χ1v) is 7.00. The van der Waals surface area contributed by atoms with Gasteiger partial charge in [-0.2, -0.15) is 0 Å². The molecule has 0 radical (unpaired) electrons. The Morgan fingerprint density at radius 1 is 0.952 bits per heavy atom. The maximum Gasteiger partial charge on any atom is 0.0969 e. The number of nitrogens with two attached hydrogens (primary N) is 2. The second kappa shape index (κ2) is 6.98. The Labute approximate surface area is 123 Å². The van der Waals surface area contributed by atoms with Gasteiger partial charge >= 0.3 is 0 Å². The molecule has 0 bridgehead atoms. The number of rotatable bonds is 6. The summed E-state index contributed by atoms with van der Waals surface area (Å²) >= 11 is 0. The van der Waals surface area contributed by atoms with E-state index in [1.54, 1.807) is 6.07 Å². The summed E-state index contributed by atoms with van der Waals surface area (Å²) in [5.41, 5.74) is 13.2. The van der Waals surface area contributed by atoms with E-state index in [0.29, 0.717) is 12.0 Å². The molecule has 0 saturated carbocycles. The Morgan fingerprint density at radius 2 is 1.62 bits per heavy atom.